The monoisotopic (exact) mass is 434 g/mol. The fraction of sp³-hybridized carbons (Fsp3) is 0.450. The van der Waals surface area contributed by atoms with Crippen LogP contribution in [0.4, 0.5) is 0 Å². The molecule has 1 amide bonds. The maximum Gasteiger partial charge on any atom is 0.337 e. The molecular weight excluding hydrogens is 408 g/mol. The van der Waals surface area contributed by atoms with E-state index in [-0.39, 0.29) is 23.9 Å². The van der Waals surface area contributed by atoms with E-state index in [4.69, 9.17) is 0 Å². The molecule has 1 aliphatic rings. The van der Waals surface area contributed by atoms with Crippen molar-refractivity contribution in [3.8, 4) is 0 Å². The highest BCUT2D eigenvalue weighted by Crippen LogP contribution is 2.24. The van der Waals surface area contributed by atoms with Crippen molar-refractivity contribution in [2.75, 3.05) is 33.3 Å². The van der Waals surface area contributed by atoms with Gasteiger partial charge in [-0.05, 0) is 44.5 Å². The first kappa shape index (κ1) is 22.0. The quantitative estimate of drug-likeness (QED) is 0.674. The number of amides is 1. The molecule has 0 bridgehead atoms. The number of hydrogen-bond donors (Lipinski definition) is 0. The molecule has 30 heavy (non-hydrogen) atoms. The molecule has 0 spiro atoms. The van der Waals surface area contributed by atoms with Gasteiger partial charge in [-0.15, -0.1) is 0 Å². The van der Waals surface area contributed by atoms with Crippen LogP contribution in [0, 0.1) is 13.8 Å². The Labute approximate surface area is 176 Å². The summed E-state index contributed by atoms with van der Waals surface area (Å²) in [6.07, 6.45) is 0.531. The molecule has 3 rings (SSSR count). The van der Waals surface area contributed by atoms with Crippen molar-refractivity contribution in [2.45, 2.75) is 25.2 Å². The number of hydrogen-bond acceptors (Lipinski definition) is 6. The minimum absolute atomic E-state index is 0.195. The van der Waals surface area contributed by atoms with Crippen molar-refractivity contribution in [3.63, 3.8) is 0 Å². The van der Waals surface area contributed by atoms with E-state index in [9.17, 15) is 18.0 Å². The molecule has 0 radical (unpaired) electrons. The maximum atomic E-state index is 13.2. The van der Waals surface area contributed by atoms with Crippen LogP contribution in [0.15, 0.2) is 29.2 Å². The van der Waals surface area contributed by atoms with Crippen LogP contribution in [0.25, 0.3) is 0 Å². The van der Waals surface area contributed by atoms with Crippen molar-refractivity contribution >= 4 is 21.9 Å². The second kappa shape index (κ2) is 8.57. The highest BCUT2D eigenvalue weighted by molar-refractivity contribution is 7.89. The first-order chi connectivity index (χ1) is 14.2. The number of carbonyl (C=O) groups is 2. The van der Waals surface area contributed by atoms with Crippen molar-refractivity contribution in [3.05, 3.63) is 46.8 Å². The van der Waals surface area contributed by atoms with Crippen LogP contribution in [0.1, 0.15) is 38.5 Å². The van der Waals surface area contributed by atoms with E-state index in [1.807, 2.05) is 0 Å². The minimum Gasteiger partial charge on any atom is -0.465 e. The van der Waals surface area contributed by atoms with Gasteiger partial charge in [0.05, 0.1) is 24.1 Å². The number of aromatic nitrogens is 2. The van der Waals surface area contributed by atoms with E-state index in [0.29, 0.717) is 42.0 Å². The molecule has 0 atom stereocenters. The molecule has 2 aromatic rings. The summed E-state index contributed by atoms with van der Waals surface area (Å²) in [5.74, 6) is -0.662. The second-order valence-electron chi connectivity index (χ2n) is 7.24. The molecule has 9 nitrogen and oxygen atoms in total. The van der Waals surface area contributed by atoms with Crippen LogP contribution in [-0.4, -0.2) is 72.6 Å². The third-order valence-corrected chi connectivity index (χ3v) is 7.49. The van der Waals surface area contributed by atoms with E-state index in [1.54, 1.807) is 54.7 Å². The molecule has 0 aliphatic carbocycles. The lowest BCUT2D eigenvalue weighted by atomic mass is 10.1. The van der Waals surface area contributed by atoms with Gasteiger partial charge in [-0.2, -0.15) is 9.40 Å². The Bertz CT molecular complexity index is 1060. The predicted molar refractivity (Wildman–Crippen MR) is 110 cm³/mol. The molecule has 162 valence electrons. The number of carbonyl (C=O) groups excluding carboxylic acids is 2. The standard InChI is InChI=1S/C20H26N4O5S/c1-14-18(15(2)22(3)21-14)30(27,28)24-11-5-10-23(12-13-24)19(25)16-6-8-17(9-7-16)20(26)29-4/h6-9H,5,10-13H2,1-4H3. The molecule has 0 saturated carbocycles. The zero-order chi connectivity index (χ0) is 22.1. The smallest absolute Gasteiger partial charge is 0.337 e. The average Bonchev–Trinajstić information content (AvgIpc) is 2.91. The third kappa shape index (κ3) is 4.10. The maximum absolute atomic E-state index is 13.2. The molecule has 2 heterocycles. The highest BCUT2D eigenvalue weighted by Gasteiger charge is 2.32. The van der Waals surface area contributed by atoms with Crippen LogP contribution in [0.3, 0.4) is 0 Å². The Morgan fingerprint density at radius 2 is 1.63 bits per heavy atom. The summed E-state index contributed by atoms with van der Waals surface area (Å²) in [4.78, 5) is 26.3. The van der Waals surface area contributed by atoms with Gasteiger partial charge in [0.2, 0.25) is 10.0 Å². The Kier molecular flexibility index (Phi) is 6.27. The van der Waals surface area contributed by atoms with Gasteiger partial charge in [0.15, 0.2) is 0 Å². The van der Waals surface area contributed by atoms with Crippen LogP contribution in [0.2, 0.25) is 0 Å². The molecule has 0 N–H and O–H groups in total. The molecule has 10 heteroatoms. The number of sulfonamides is 1. The molecule has 1 aliphatic heterocycles. The summed E-state index contributed by atoms with van der Waals surface area (Å²) in [6.45, 7) is 4.71. The van der Waals surface area contributed by atoms with E-state index >= 15 is 0 Å². The normalized spacial score (nSPS) is 15.7. The molecule has 1 fully saturated rings. The van der Waals surface area contributed by atoms with Crippen LogP contribution in [0.5, 0.6) is 0 Å². The number of benzene rings is 1. The second-order valence-corrected chi connectivity index (χ2v) is 9.12. The summed E-state index contributed by atoms with van der Waals surface area (Å²) < 4.78 is 34.1. The van der Waals surface area contributed by atoms with E-state index in [0.717, 1.165) is 0 Å². The van der Waals surface area contributed by atoms with Crippen molar-refractivity contribution in [2.24, 2.45) is 7.05 Å². The summed E-state index contributed by atoms with van der Waals surface area (Å²) in [6, 6.07) is 6.25. The molecular formula is C20H26N4O5S. The zero-order valence-electron chi connectivity index (χ0n) is 17.6. The first-order valence-electron chi connectivity index (χ1n) is 9.64. The zero-order valence-corrected chi connectivity index (χ0v) is 18.4. The van der Waals surface area contributed by atoms with E-state index in [1.165, 1.54) is 11.4 Å². The fourth-order valence-electron chi connectivity index (χ4n) is 3.64. The third-order valence-electron chi connectivity index (χ3n) is 5.34. The number of rotatable bonds is 4. The van der Waals surface area contributed by atoms with Crippen LogP contribution in [-0.2, 0) is 21.8 Å². The number of ether oxygens (including phenoxy) is 1. The van der Waals surface area contributed by atoms with E-state index < -0.39 is 16.0 Å². The lowest BCUT2D eigenvalue weighted by Crippen LogP contribution is -2.37. The Morgan fingerprint density at radius 3 is 2.20 bits per heavy atom. The van der Waals surface area contributed by atoms with Gasteiger partial charge in [-0.3, -0.25) is 9.48 Å². The summed E-state index contributed by atoms with van der Waals surface area (Å²) in [5, 5.41) is 4.22. The Morgan fingerprint density at radius 1 is 1.00 bits per heavy atom. The fourth-order valence-corrected chi connectivity index (χ4v) is 5.51. The number of aryl methyl sites for hydroxylation is 2. The first-order valence-corrected chi connectivity index (χ1v) is 11.1. The highest BCUT2D eigenvalue weighted by atomic mass is 32.2. The SMILES string of the molecule is COC(=O)c1ccc(C(=O)N2CCCN(S(=O)(=O)c3c(C)nn(C)c3C)CC2)cc1. The number of methoxy groups -OCH3 is 1. The van der Waals surface area contributed by atoms with Gasteiger partial charge in [0.25, 0.3) is 5.91 Å². The van der Waals surface area contributed by atoms with Crippen molar-refractivity contribution < 1.29 is 22.7 Å². The Hall–Kier alpha value is -2.72. The number of nitrogens with zero attached hydrogens (tertiary/aromatic N) is 4. The lowest BCUT2D eigenvalue weighted by molar-refractivity contribution is 0.0599. The number of esters is 1. The molecule has 0 unspecified atom stereocenters. The lowest BCUT2D eigenvalue weighted by Gasteiger charge is -2.22. The minimum atomic E-state index is -3.70. The molecule has 1 aromatic carbocycles. The van der Waals surface area contributed by atoms with Crippen LogP contribution < -0.4 is 0 Å². The van der Waals surface area contributed by atoms with Gasteiger partial charge in [-0.1, -0.05) is 0 Å². The van der Waals surface area contributed by atoms with Crippen LogP contribution >= 0.6 is 0 Å². The topological polar surface area (TPSA) is 102 Å². The largest absolute Gasteiger partial charge is 0.465 e. The van der Waals surface area contributed by atoms with Gasteiger partial charge in [-0.25, -0.2) is 13.2 Å². The molecule has 1 aromatic heterocycles. The van der Waals surface area contributed by atoms with Gasteiger partial charge in [0, 0.05) is 38.8 Å². The van der Waals surface area contributed by atoms with E-state index in [2.05, 4.69) is 9.84 Å². The van der Waals surface area contributed by atoms with Gasteiger partial charge in [0.1, 0.15) is 4.90 Å². The van der Waals surface area contributed by atoms with Crippen molar-refractivity contribution in [1.29, 1.82) is 0 Å². The summed E-state index contributed by atoms with van der Waals surface area (Å²) in [7, 11) is -0.681. The van der Waals surface area contributed by atoms with Gasteiger partial charge < -0.3 is 9.64 Å². The Balaban J connectivity index is 1.74. The van der Waals surface area contributed by atoms with Crippen molar-refractivity contribution in [1.82, 2.24) is 19.0 Å². The average molecular weight is 435 g/mol. The van der Waals surface area contributed by atoms with Gasteiger partial charge >= 0.3 is 5.97 Å². The molecule has 1 saturated heterocycles. The predicted octanol–water partition coefficient (Wildman–Crippen LogP) is 1.36. The summed E-state index contributed by atoms with van der Waals surface area (Å²) >= 11 is 0. The summed E-state index contributed by atoms with van der Waals surface area (Å²) in [5.41, 5.74) is 1.87.